The van der Waals surface area contributed by atoms with Crippen molar-refractivity contribution in [3.8, 4) is 17.2 Å². The van der Waals surface area contributed by atoms with Crippen molar-refractivity contribution in [2.24, 2.45) is 5.92 Å². The first-order valence-electron chi connectivity index (χ1n) is 19.7. The van der Waals surface area contributed by atoms with E-state index in [0.717, 1.165) is 11.3 Å². The van der Waals surface area contributed by atoms with Crippen molar-refractivity contribution in [1.29, 1.82) is 0 Å². The van der Waals surface area contributed by atoms with Crippen molar-refractivity contribution in [3.63, 3.8) is 0 Å². The Hall–Kier alpha value is -6.08. The van der Waals surface area contributed by atoms with Gasteiger partial charge in [0.15, 0.2) is 11.4 Å². The van der Waals surface area contributed by atoms with E-state index in [4.69, 9.17) is 14.2 Å². The molecule has 4 heterocycles. The van der Waals surface area contributed by atoms with Crippen LogP contribution in [-0.2, 0) is 21.7 Å². The lowest BCUT2D eigenvalue weighted by Gasteiger charge is -2.37. The van der Waals surface area contributed by atoms with Gasteiger partial charge in [-0.15, -0.1) is 5.10 Å². The molecule has 1 spiro atoms. The molecule has 0 bridgehead atoms. The number of para-hydroxylation sites is 3. The Morgan fingerprint density at radius 3 is 2.40 bits per heavy atom. The summed E-state index contributed by atoms with van der Waals surface area (Å²) in [6, 6.07) is 38.5. The number of carbonyl (C=O) groups is 2. The number of anilines is 3. The third-order valence-corrected chi connectivity index (χ3v) is 16.8. The number of nitrogens with one attached hydrogen (secondary N) is 1. The Morgan fingerprint density at radius 2 is 1.64 bits per heavy atom. The molecular weight excluding hydrogens is 747 g/mol. The average Bonchev–Trinajstić information content (AvgIpc) is 3.89. The van der Waals surface area contributed by atoms with Crippen LogP contribution < -0.4 is 24.9 Å². The number of carbonyl (C=O) groups excluding carboxylic acids is 2. The maximum Gasteiger partial charge on any atom is 0.266 e. The molecule has 1 saturated heterocycles. The Balaban J connectivity index is 1.10. The van der Waals surface area contributed by atoms with E-state index in [0.29, 0.717) is 58.3 Å². The molecule has 58 heavy (non-hydrogen) atoms. The number of aliphatic hydroxyl groups excluding tert-OH is 1. The van der Waals surface area contributed by atoms with Crippen molar-refractivity contribution in [3.05, 3.63) is 150 Å². The number of hydrogen-bond donors (Lipinski definition) is 2. The number of benzene rings is 5. The summed E-state index contributed by atoms with van der Waals surface area (Å²) < 4.78 is 20.9. The highest BCUT2D eigenvalue weighted by atomic mass is 28.3. The lowest BCUT2D eigenvalue weighted by molar-refractivity contribution is -0.143. The summed E-state index contributed by atoms with van der Waals surface area (Å²) in [6.45, 7) is 7.23. The highest BCUT2D eigenvalue weighted by molar-refractivity contribution is 6.91. The minimum atomic E-state index is -2.42. The summed E-state index contributed by atoms with van der Waals surface area (Å²) in [4.78, 5) is 30.7. The summed E-state index contributed by atoms with van der Waals surface area (Å²) in [6.07, 6.45) is 2.12. The van der Waals surface area contributed by atoms with E-state index in [1.165, 1.54) is 5.19 Å². The minimum absolute atomic E-state index is 0.0143. The molecule has 1 fully saturated rings. The van der Waals surface area contributed by atoms with Crippen LogP contribution in [-0.4, -0.2) is 59.8 Å². The van der Waals surface area contributed by atoms with Crippen LogP contribution >= 0.6 is 0 Å². The average molecular weight is 792 g/mol. The molecule has 1 unspecified atom stereocenters. The molecule has 3 aliphatic heterocycles. The third kappa shape index (κ3) is 6.10. The molecule has 0 aliphatic carbocycles. The fraction of sp³-hybridized carbons (Fsp3) is 0.261. The molecule has 2 N–H and O–H groups in total. The molecule has 12 heteroatoms. The van der Waals surface area contributed by atoms with Gasteiger partial charge in [-0.2, -0.15) is 0 Å². The Bertz CT molecular complexity index is 2510. The molecule has 3 aliphatic rings. The molecule has 11 nitrogen and oxygen atoms in total. The maximum absolute atomic E-state index is 14.6. The lowest BCUT2D eigenvalue weighted by Crippen LogP contribution is -2.51. The van der Waals surface area contributed by atoms with Gasteiger partial charge in [0.2, 0.25) is 0 Å². The molecule has 294 valence electrons. The number of aromatic nitrogens is 3. The fourth-order valence-electron chi connectivity index (χ4n) is 9.49. The van der Waals surface area contributed by atoms with Crippen LogP contribution in [0.15, 0.2) is 128 Å². The van der Waals surface area contributed by atoms with Crippen molar-refractivity contribution in [1.82, 2.24) is 15.0 Å². The Morgan fingerprint density at radius 1 is 0.914 bits per heavy atom. The van der Waals surface area contributed by atoms with Crippen LogP contribution in [0.2, 0.25) is 18.6 Å². The second kappa shape index (κ2) is 14.7. The van der Waals surface area contributed by atoms with Gasteiger partial charge in [-0.25, -0.2) is 0 Å². The Labute approximate surface area is 338 Å². The molecule has 5 aromatic carbocycles. The summed E-state index contributed by atoms with van der Waals surface area (Å²) in [5.41, 5.74) is 3.30. The smallest absolute Gasteiger partial charge is 0.266 e. The predicted molar refractivity (Wildman–Crippen MR) is 224 cm³/mol. The van der Waals surface area contributed by atoms with E-state index in [1.54, 1.807) is 24.1 Å². The molecule has 2 amide bonds. The highest BCUT2D eigenvalue weighted by Crippen LogP contribution is 2.59. The molecule has 6 aromatic rings. The normalized spacial score (nSPS) is 21.5. The number of amides is 2. The van der Waals surface area contributed by atoms with Gasteiger partial charge in [0.1, 0.15) is 11.5 Å². The molecule has 5 atom stereocenters. The zero-order chi connectivity index (χ0) is 40.2. The first kappa shape index (κ1) is 37.5. The number of fused-ring (bicyclic) bond motifs is 4. The van der Waals surface area contributed by atoms with Gasteiger partial charge in [-0.1, -0.05) is 97.1 Å². The summed E-state index contributed by atoms with van der Waals surface area (Å²) in [5, 5.41) is 23.7. The van der Waals surface area contributed by atoms with Gasteiger partial charge >= 0.3 is 0 Å². The predicted octanol–water partition coefficient (Wildman–Crippen LogP) is 7.75. The summed E-state index contributed by atoms with van der Waals surface area (Å²) in [7, 11) is -0.761. The maximum atomic E-state index is 14.6. The van der Waals surface area contributed by atoms with Gasteiger partial charge < -0.3 is 24.6 Å². The quantitative estimate of drug-likeness (QED) is 0.135. The standard InChI is InChI=1S/C46H45N5O6Si/c1-29-43(58(3,4)33-21-19-32(55-2)20-22-33)42(24-25-50-27-38(48-49-50)35(28-52)30-12-6-5-7-13-30)57-46(29)36-26-31(18-23-37(36)47-45(46)54)51-39-15-9-11-17-41(39)56-40-16-10-8-14-34(40)44(51)53/h5-23,26-27,29,35,42-43,52H,24-25,28H2,1-4H3,(H,47,54)/t29-,35?,42+,43-,46+/m1/s1. The first-order valence-corrected chi connectivity index (χ1v) is 22.8. The monoisotopic (exact) mass is 791 g/mol. The number of ether oxygens (including phenoxy) is 3. The van der Waals surface area contributed by atoms with Gasteiger partial charge in [0.05, 0.1) is 50.8 Å². The van der Waals surface area contributed by atoms with Crippen molar-refractivity contribution in [2.75, 3.05) is 23.9 Å². The number of aliphatic hydroxyl groups is 1. The van der Waals surface area contributed by atoms with Gasteiger partial charge in [0, 0.05) is 35.6 Å². The number of rotatable bonds is 10. The number of aryl methyl sites for hydroxylation is 1. The van der Waals surface area contributed by atoms with Crippen LogP contribution in [0.25, 0.3) is 0 Å². The van der Waals surface area contributed by atoms with Crippen molar-refractivity contribution >= 4 is 42.1 Å². The van der Waals surface area contributed by atoms with Crippen LogP contribution in [0.1, 0.15) is 46.4 Å². The van der Waals surface area contributed by atoms with E-state index in [1.807, 2.05) is 108 Å². The second-order valence-corrected chi connectivity index (χ2v) is 20.6. The second-order valence-electron chi connectivity index (χ2n) is 15.9. The first-order chi connectivity index (χ1) is 28.1. The van der Waals surface area contributed by atoms with Gasteiger partial charge in [-0.05, 0) is 72.1 Å². The van der Waals surface area contributed by atoms with Crippen LogP contribution in [0.5, 0.6) is 17.2 Å². The van der Waals surface area contributed by atoms with E-state index >= 15 is 0 Å². The zero-order valence-corrected chi connectivity index (χ0v) is 33.8. The number of hydrogen-bond acceptors (Lipinski definition) is 8. The minimum Gasteiger partial charge on any atom is -0.497 e. The van der Waals surface area contributed by atoms with E-state index in [9.17, 15) is 14.7 Å². The van der Waals surface area contributed by atoms with Crippen LogP contribution in [0.3, 0.4) is 0 Å². The highest BCUT2D eigenvalue weighted by Gasteiger charge is 2.64. The summed E-state index contributed by atoms with van der Waals surface area (Å²) in [5.74, 6) is 0.806. The van der Waals surface area contributed by atoms with E-state index in [2.05, 4.69) is 47.8 Å². The van der Waals surface area contributed by atoms with E-state index in [-0.39, 0.29) is 41.9 Å². The SMILES string of the molecule is COc1ccc([Si](C)(C)[C@H]2[C@H](CCn3cc(C(CO)c4ccccc4)nn3)O[C@@]3(C(=O)Nc4ccc(N5C(=O)c6ccccc6Oc6ccccc65)cc43)[C@@H]2C)cc1. The molecule has 0 radical (unpaired) electrons. The van der Waals surface area contributed by atoms with E-state index < -0.39 is 13.7 Å². The molecule has 1 aromatic heterocycles. The van der Waals surface area contributed by atoms with Gasteiger partial charge in [-0.3, -0.25) is 19.2 Å². The van der Waals surface area contributed by atoms with Crippen molar-refractivity contribution in [2.45, 2.75) is 56.1 Å². The summed E-state index contributed by atoms with van der Waals surface area (Å²) >= 11 is 0. The topological polar surface area (TPSA) is 128 Å². The number of methoxy groups -OCH3 is 1. The largest absolute Gasteiger partial charge is 0.497 e. The fourth-order valence-corrected chi connectivity index (χ4v) is 13.6. The molecule has 9 rings (SSSR count). The molecule has 0 saturated carbocycles. The zero-order valence-electron chi connectivity index (χ0n) is 32.8. The third-order valence-electron chi connectivity index (χ3n) is 12.4. The molecular formula is C46H45N5O6Si. The van der Waals surface area contributed by atoms with Crippen molar-refractivity contribution < 1.29 is 28.9 Å². The van der Waals surface area contributed by atoms with Crippen LogP contribution in [0.4, 0.5) is 17.1 Å². The lowest BCUT2D eigenvalue weighted by atomic mass is 9.82. The van der Waals surface area contributed by atoms with Crippen LogP contribution in [0, 0.1) is 5.92 Å². The van der Waals surface area contributed by atoms with Gasteiger partial charge in [0.25, 0.3) is 11.8 Å². The Kier molecular flexibility index (Phi) is 9.50. The number of nitrogens with zero attached hydrogens (tertiary/aromatic N) is 4.